The van der Waals surface area contributed by atoms with Crippen molar-refractivity contribution >= 4 is 11.2 Å². The zero-order valence-electron chi connectivity index (χ0n) is 12.3. The van der Waals surface area contributed by atoms with Gasteiger partial charge in [0.2, 0.25) is 0 Å². The Morgan fingerprint density at radius 2 is 1.91 bits per heavy atom. The Labute approximate surface area is 131 Å². The van der Waals surface area contributed by atoms with Crippen LogP contribution in [0.4, 0.5) is 0 Å². The zero-order valence-corrected chi connectivity index (χ0v) is 12.3. The summed E-state index contributed by atoms with van der Waals surface area (Å²) in [6, 6.07) is 11.6. The summed E-state index contributed by atoms with van der Waals surface area (Å²) in [5.41, 5.74) is 9.90. The van der Waals surface area contributed by atoms with E-state index in [9.17, 15) is 0 Å². The van der Waals surface area contributed by atoms with Crippen molar-refractivity contribution in [3.8, 4) is 11.5 Å². The first-order valence-electron chi connectivity index (χ1n) is 7.21. The first kappa shape index (κ1) is 13.6. The molecule has 0 saturated carbocycles. The van der Waals surface area contributed by atoms with Gasteiger partial charge in [-0.1, -0.05) is 29.5 Å². The van der Waals surface area contributed by atoms with Gasteiger partial charge in [0.25, 0.3) is 0 Å². The topological polar surface area (TPSA) is 95.7 Å². The number of hydrogen-bond acceptors (Lipinski definition) is 6. The van der Waals surface area contributed by atoms with Crippen LogP contribution in [0.25, 0.3) is 22.6 Å². The number of rotatable bonds is 4. The summed E-state index contributed by atoms with van der Waals surface area (Å²) in [6.07, 6.45) is 3.10. The van der Waals surface area contributed by atoms with Gasteiger partial charge in [0, 0.05) is 6.54 Å². The van der Waals surface area contributed by atoms with E-state index >= 15 is 0 Å². The van der Waals surface area contributed by atoms with E-state index in [4.69, 9.17) is 10.2 Å². The maximum atomic E-state index is 5.80. The van der Waals surface area contributed by atoms with E-state index in [2.05, 4.69) is 20.3 Å². The Morgan fingerprint density at radius 1 is 1.04 bits per heavy atom. The molecule has 0 atom stereocenters. The maximum absolute atomic E-state index is 5.80. The summed E-state index contributed by atoms with van der Waals surface area (Å²) in [4.78, 5) is 8.58. The quantitative estimate of drug-likeness (QED) is 0.619. The molecule has 7 heteroatoms. The Kier molecular flexibility index (Phi) is 3.32. The smallest absolute Gasteiger partial charge is 0.182 e. The summed E-state index contributed by atoms with van der Waals surface area (Å²) in [6.45, 7) is 1.04. The van der Waals surface area contributed by atoms with Gasteiger partial charge in [-0.25, -0.2) is 14.6 Å². The van der Waals surface area contributed by atoms with Crippen molar-refractivity contribution in [2.75, 3.05) is 0 Å². The molecule has 4 rings (SSSR count). The van der Waals surface area contributed by atoms with Crippen LogP contribution in [0.3, 0.4) is 0 Å². The molecule has 0 saturated heterocycles. The molecule has 0 radical (unpaired) electrons. The monoisotopic (exact) mass is 306 g/mol. The highest BCUT2D eigenvalue weighted by atomic mass is 16.3. The average molecular weight is 306 g/mol. The van der Waals surface area contributed by atoms with E-state index in [1.54, 1.807) is 10.9 Å². The van der Waals surface area contributed by atoms with Crippen LogP contribution in [0.2, 0.25) is 0 Å². The van der Waals surface area contributed by atoms with E-state index in [0.717, 1.165) is 11.1 Å². The molecule has 4 aromatic rings. The number of furan rings is 1. The number of nitrogens with zero attached hydrogens (tertiary/aromatic N) is 5. The lowest BCUT2D eigenvalue weighted by Crippen LogP contribution is -2.08. The highest BCUT2D eigenvalue weighted by molar-refractivity contribution is 5.84. The standard InChI is InChI=1S/C16H14N6O/c17-8-11-4-1-2-5-12(11)9-22-16-15(20-21-22)14(18-10-19-16)13-6-3-7-23-13/h1-7,10H,8-9,17H2. The highest BCUT2D eigenvalue weighted by Crippen LogP contribution is 2.24. The summed E-state index contributed by atoms with van der Waals surface area (Å²) in [5.74, 6) is 0.645. The van der Waals surface area contributed by atoms with Crippen LogP contribution in [0.5, 0.6) is 0 Å². The molecule has 3 aromatic heterocycles. The minimum absolute atomic E-state index is 0.482. The number of fused-ring (bicyclic) bond motifs is 1. The molecule has 114 valence electrons. The minimum atomic E-state index is 0.482. The van der Waals surface area contributed by atoms with Crippen LogP contribution in [0.15, 0.2) is 53.4 Å². The van der Waals surface area contributed by atoms with Crippen molar-refractivity contribution in [3.05, 3.63) is 60.1 Å². The van der Waals surface area contributed by atoms with Gasteiger partial charge in [-0.05, 0) is 23.3 Å². The first-order chi connectivity index (χ1) is 11.4. The van der Waals surface area contributed by atoms with E-state index in [-0.39, 0.29) is 0 Å². The first-order valence-corrected chi connectivity index (χ1v) is 7.21. The van der Waals surface area contributed by atoms with Crippen LogP contribution in [-0.2, 0) is 13.1 Å². The van der Waals surface area contributed by atoms with Gasteiger partial charge in [0.05, 0.1) is 12.8 Å². The molecule has 0 aliphatic heterocycles. The van der Waals surface area contributed by atoms with Crippen molar-refractivity contribution in [1.29, 1.82) is 0 Å². The van der Waals surface area contributed by atoms with E-state index in [0.29, 0.717) is 35.7 Å². The van der Waals surface area contributed by atoms with E-state index in [1.165, 1.54) is 6.33 Å². The molecule has 0 amide bonds. The van der Waals surface area contributed by atoms with Gasteiger partial charge in [0.1, 0.15) is 12.0 Å². The molecule has 0 aliphatic carbocycles. The molecule has 0 fully saturated rings. The molecule has 0 aliphatic rings. The lowest BCUT2D eigenvalue weighted by molar-refractivity contribution is 0.580. The number of benzene rings is 1. The second-order valence-corrected chi connectivity index (χ2v) is 5.09. The third-order valence-electron chi connectivity index (χ3n) is 3.71. The van der Waals surface area contributed by atoms with Crippen LogP contribution >= 0.6 is 0 Å². The van der Waals surface area contributed by atoms with Crippen molar-refractivity contribution in [1.82, 2.24) is 25.0 Å². The summed E-state index contributed by atoms with van der Waals surface area (Å²) < 4.78 is 7.16. The van der Waals surface area contributed by atoms with Crippen LogP contribution in [0, 0.1) is 0 Å². The number of nitrogens with two attached hydrogens (primary N) is 1. The van der Waals surface area contributed by atoms with Crippen molar-refractivity contribution in [2.45, 2.75) is 13.1 Å². The van der Waals surface area contributed by atoms with E-state index in [1.807, 2.05) is 36.4 Å². The lowest BCUT2D eigenvalue weighted by atomic mass is 10.1. The lowest BCUT2D eigenvalue weighted by Gasteiger charge is -2.07. The zero-order chi connectivity index (χ0) is 15.6. The molecule has 23 heavy (non-hydrogen) atoms. The normalized spacial score (nSPS) is 11.2. The van der Waals surface area contributed by atoms with Crippen molar-refractivity contribution in [3.63, 3.8) is 0 Å². The van der Waals surface area contributed by atoms with Crippen LogP contribution in [-0.4, -0.2) is 25.0 Å². The third-order valence-corrected chi connectivity index (χ3v) is 3.71. The Bertz CT molecular complexity index is 944. The molecule has 0 unspecified atom stereocenters. The molecular weight excluding hydrogens is 292 g/mol. The number of hydrogen-bond donors (Lipinski definition) is 1. The summed E-state index contributed by atoms with van der Waals surface area (Å²) >= 11 is 0. The van der Waals surface area contributed by atoms with Gasteiger partial charge < -0.3 is 10.2 Å². The Morgan fingerprint density at radius 3 is 2.70 bits per heavy atom. The molecule has 2 N–H and O–H groups in total. The Hall–Kier alpha value is -3.06. The molecule has 3 heterocycles. The van der Waals surface area contributed by atoms with Crippen molar-refractivity contribution < 1.29 is 4.42 Å². The fourth-order valence-electron chi connectivity index (χ4n) is 2.56. The average Bonchev–Trinajstić information content (AvgIpc) is 3.25. The van der Waals surface area contributed by atoms with Gasteiger partial charge in [-0.3, -0.25) is 0 Å². The SMILES string of the molecule is NCc1ccccc1Cn1nnc2c(-c3ccco3)ncnc21. The van der Waals surface area contributed by atoms with Gasteiger partial charge in [0.15, 0.2) is 16.9 Å². The van der Waals surface area contributed by atoms with Gasteiger partial charge in [-0.15, -0.1) is 5.10 Å². The largest absolute Gasteiger partial charge is 0.463 e. The van der Waals surface area contributed by atoms with Gasteiger partial charge >= 0.3 is 0 Å². The third kappa shape index (κ3) is 2.36. The molecule has 0 bridgehead atoms. The second-order valence-electron chi connectivity index (χ2n) is 5.09. The molecule has 1 aromatic carbocycles. The minimum Gasteiger partial charge on any atom is -0.463 e. The fourth-order valence-corrected chi connectivity index (χ4v) is 2.56. The predicted octanol–water partition coefficient (Wildman–Crippen LogP) is 1.99. The molecule has 7 nitrogen and oxygen atoms in total. The molecular formula is C16H14N6O. The van der Waals surface area contributed by atoms with E-state index < -0.39 is 0 Å². The fraction of sp³-hybridized carbons (Fsp3) is 0.125. The highest BCUT2D eigenvalue weighted by Gasteiger charge is 2.15. The number of aromatic nitrogens is 5. The van der Waals surface area contributed by atoms with Gasteiger partial charge in [-0.2, -0.15) is 0 Å². The second kappa shape index (κ2) is 5.62. The predicted molar refractivity (Wildman–Crippen MR) is 84.3 cm³/mol. The summed E-state index contributed by atoms with van der Waals surface area (Å²) in [5, 5.41) is 8.44. The molecule has 0 spiro atoms. The maximum Gasteiger partial charge on any atom is 0.182 e. The van der Waals surface area contributed by atoms with Crippen LogP contribution in [0.1, 0.15) is 11.1 Å². The van der Waals surface area contributed by atoms with Crippen LogP contribution < -0.4 is 5.73 Å². The Balaban J connectivity index is 1.79. The summed E-state index contributed by atoms with van der Waals surface area (Å²) in [7, 11) is 0. The van der Waals surface area contributed by atoms with Crippen molar-refractivity contribution in [2.24, 2.45) is 5.73 Å².